The number of amides is 1. The van der Waals surface area contributed by atoms with Gasteiger partial charge in [0.15, 0.2) is 5.82 Å². The van der Waals surface area contributed by atoms with E-state index in [-0.39, 0.29) is 11.9 Å². The average Bonchev–Trinajstić information content (AvgIpc) is 3.25. The quantitative estimate of drug-likeness (QED) is 0.819. The van der Waals surface area contributed by atoms with Crippen molar-refractivity contribution < 1.29 is 9.32 Å². The Morgan fingerprint density at radius 3 is 3.18 bits per heavy atom. The molecule has 0 aliphatic carbocycles. The summed E-state index contributed by atoms with van der Waals surface area (Å²) in [5.74, 6) is 1.50. The van der Waals surface area contributed by atoms with Crippen LogP contribution in [0.3, 0.4) is 0 Å². The van der Waals surface area contributed by atoms with Crippen molar-refractivity contribution in [3.63, 3.8) is 0 Å². The zero-order valence-electron chi connectivity index (χ0n) is 12.8. The van der Waals surface area contributed by atoms with Crippen LogP contribution in [-0.2, 0) is 17.6 Å². The van der Waals surface area contributed by atoms with Crippen molar-refractivity contribution in [1.82, 2.24) is 15.0 Å². The number of carbonyl (C=O) groups excluding carboxylic acids is 1. The molecule has 0 bridgehead atoms. The summed E-state index contributed by atoms with van der Waals surface area (Å²) >= 11 is 1.73. The summed E-state index contributed by atoms with van der Waals surface area (Å²) in [7, 11) is 0. The number of rotatable bonds is 6. The Hall–Kier alpha value is -1.69. The van der Waals surface area contributed by atoms with Gasteiger partial charge in [-0.25, -0.2) is 0 Å². The molecule has 3 rings (SSSR count). The Balaban J connectivity index is 1.56. The predicted octanol–water partition coefficient (Wildman–Crippen LogP) is 3.38. The Labute approximate surface area is 134 Å². The molecule has 1 saturated heterocycles. The second kappa shape index (κ2) is 7.05. The maximum absolute atomic E-state index is 12.5. The lowest BCUT2D eigenvalue weighted by Crippen LogP contribution is -2.30. The van der Waals surface area contributed by atoms with E-state index in [1.807, 2.05) is 4.90 Å². The van der Waals surface area contributed by atoms with Gasteiger partial charge in [-0.15, -0.1) is 11.3 Å². The number of thiophene rings is 1. The first-order valence-corrected chi connectivity index (χ1v) is 8.80. The van der Waals surface area contributed by atoms with Crippen LogP contribution in [0.15, 0.2) is 22.0 Å². The summed E-state index contributed by atoms with van der Waals surface area (Å²) in [4.78, 5) is 20.1. The molecule has 1 amide bonds. The topological polar surface area (TPSA) is 59.2 Å². The molecule has 0 aromatic carbocycles. The molecular formula is C16H21N3O2S. The SMILES string of the molecule is CCCc1noc(CCC(=O)N2CCC[C@H]2c2cccs2)n1. The predicted molar refractivity (Wildman–Crippen MR) is 84.6 cm³/mol. The number of aryl methyl sites for hydroxylation is 2. The van der Waals surface area contributed by atoms with Crippen molar-refractivity contribution >= 4 is 17.2 Å². The first kappa shape index (κ1) is 15.2. The van der Waals surface area contributed by atoms with Crippen molar-refractivity contribution in [2.45, 2.75) is 51.5 Å². The van der Waals surface area contributed by atoms with Crippen molar-refractivity contribution in [2.75, 3.05) is 6.54 Å². The number of nitrogens with zero attached hydrogens (tertiary/aromatic N) is 3. The normalized spacial score (nSPS) is 18.0. The van der Waals surface area contributed by atoms with Gasteiger partial charge in [0.25, 0.3) is 0 Å². The molecule has 22 heavy (non-hydrogen) atoms. The highest BCUT2D eigenvalue weighted by Crippen LogP contribution is 2.34. The zero-order chi connectivity index (χ0) is 15.4. The Bertz CT molecular complexity index is 609. The fourth-order valence-electron chi connectivity index (χ4n) is 2.92. The van der Waals surface area contributed by atoms with Gasteiger partial charge in [-0.1, -0.05) is 18.1 Å². The van der Waals surface area contributed by atoms with Crippen LogP contribution in [0.2, 0.25) is 0 Å². The summed E-state index contributed by atoms with van der Waals surface area (Å²) in [6.45, 7) is 2.93. The molecule has 1 aliphatic heterocycles. The third-order valence-corrected chi connectivity index (χ3v) is 4.95. The monoisotopic (exact) mass is 319 g/mol. The van der Waals surface area contributed by atoms with Gasteiger partial charge >= 0.3 is 0 Å². The number of aromatic nitrogens is 2. The minimum atomic E-state index is 0.186. The molecule has 1 aliphatic rings. The molecule has 2 aromatic rings. The van der Waals surface area contributed by atoms with Crippen LogP contribution in [-0.4, -0.2) is 27.5 Å². The van der Waals surface area contributed by atoms with E-state index in [1.54, 1.807) is 11.3 Å². The number of carbonyl (C=O) groups is 1. The highest BCUT2D eigenvalue weighted by Gasteiger charge is 2.30. The van der Waals surface area contributed by atoms with Crippen LogP contribution in [0.25, 0.3) is 0 Å². The summed E-state index contributed by atoms with van der Waals surface area (Å²) in [5, 5.41) is 6.00. The minimum absolute atomic E-state index is 0.186. The van der Waals surface area contributed by atoms with Gasteiger partial charge in [-0.2, -0.15) is 4.98 Å². The van der Waals surface area contributed by atoms with Gasteiger partial charge in [-0.05, 0) is 30.7 Å². The molecule has 0 radical (unpaired) electrons. The molecule has 5 nitrogen and oxygen atoms in total. The van der Waals surface area contributed by atoms with Gasteiger partial charge in [0.05, 0.1) is 6.04 Å². The highest BCUT2D eigenvalue weighted by atomic mass is 32.1. The Morgan fingerprint density at radius 2 is 2.41 bits per heavy atom. The molecule has 2 aromatic heterocycles. The molecule has 0 unspecified atom stereocenters. The molecule has 118 valence electrons. The zero-order valence-corrected chi connectivity index (χ0v) is 13.6. The number of hydrogen-bond donors (Lipinski definition) is 0. The van der Waals surface area contributed by atoms with E-state index in [9.17, 15) is 4.79 Å². The lowest BCUT2D eigenvalue weighted by Gasteiger charge is -2.23. The second-order valence-electron chi connectivity index (χ2n) is 5.61. The second-order valence-corrected chi connectivity index (χ2v) is 6.59. The van der Waals surface area contributed by atoms with Crippen LogP contribution in [0.1, 0.15) is 55.2 Å². The summed E-state index contributed by atoms with van der Waals surface area (Å²) < 4.78 is 5.20. The van der Waals surface area contributed by atoms with Crippen LogP contribution in [0, 0.1) is 0 Å². The van der Waals surface area contributed by atoms with E-state index >= 15 is 0 Å². The highest BCUT2D eigenvalue weighted by molar-refractivity contribution is 7.10. The van der Waals surface area contributed by atoms with Gasteiger partial charge in [-0.3, -0.25) is 4.79 Å². The van der Waals surface area contributed by atoms with E-state index in [0.717, 1.165) is 38.1 Å². The molecule has 3 heterocycles. The summed E-state index contributed by atoms with van der Waals surface area (Å²) in [6.07, 6.45) is 4.93. The van der Waals surface area contributed by atoms with Gasteiger partial charge in [0.1, 0.15) is 0 Å². The number of hydrogen-bond acceptors (Lipinski definition) is 5. The fraction of sp³-hybridized carbons (Fsp3) is 0.562. The van der Waals surface area contributed by atoms with Crippen molar-refractivity contribution in [3.05, 3.63) is 34.1 Å². The number of likely N-dealkylation sites (tertiary alicyclic amines) is 1. The largest absolute Gasteiger partial charge is 0.339 e. The van der Waals surface area contributed by atoms with E-state index in [1.165, 1.54) is 4.88 Å². The lowest BCUT2D eigenvalue weighted by atomic mass is 10.1. The summed E-state index contributed by atoms with van der Waals surface area (Å²) in [6, 6.07) is 4.43. The molecule has 0 spiro atoms. The lowest BCUT2D eigenvalue weighted by molar-refractivity contribution is -0.132. The van der Waals surface area contributed by atoms with Crippen LogP contribution < -0.4 is 0 Å². The van der Waals surface area contributed by atoms with E-state index in [2.05, 4.69) is 34.6 Å². The van der Waals surface area contributed by atoms with E-state index in [4.69, 9.17) is 4.52 Å². The van der Waals surface area contributed by atoms with Crippen LogP contribution >= 0.6 is 11.3 Å². The molecule has 6 heteroatoms. The minimum Gasteiger partial charge on any atom is -0.339 e. The van der Waals surface area contributed by atoms with Gasteiger partial charge in [0, 0.05) is 30.7 Å². The maximum atomic E-state index is 12.5. The van der Waals surface area contributed by atoms with Gasteiger partial charge in [0.2, 0.25) is 11.8 Å². The first-order chi connectivity index (χ1) is 10.8. The maximum Gasteiger partial charge on any atom is 0.227 e. The van der Waals surface area contributed by atoms with Crippen LogP contribution in [0.4, 0.5) is 0 Å². The Kier molecular flexibility index (Phi) is 4.87. The average molecular weight is 319 g/mol. The molecular weight excluding hydrogens is 298 g/mol. The summed E-state index contributed by atoms with van der Waals surface area (Å²) in [5.41, 5.74) is 0. The van der Waals surface area contributed by atoms with Gasteiger partial charge < -0.3 is 9.42 Å². The smallest absolute Gasteiger partial charge is 0.227 e. The molecule has 1 fully saturated rings. The van der Waals surface area contributed by atoms with Crippen molar-refractivity contribution in [2.24, 2.45) is 0 Å². The van der Waals surface area contributed by atoms with Crippen molar-refractivity contribution in [1.29, 1.82) is 0 Å². The van der Waals surface area contributed by atoms with E-state index < -0.39 is 0 Å². The standard InChI is InChI=1S/C16H21N3O2S/c1-2-5-14-17-15(21-18-14)8-9-16(20)19-10-3-6-12(19)13-7-4-11-22-13/h4,7,11-12H,2-3,5-6,8-10H2,1H3/t12-/m0/s1. The fourth-order valence-corrected chi connectivity index (χ4v) is 3.79. The van der Waals surface area contributed by atoms with Crippen molar-refractivity contribution in [3.8, 4) is 0 Å². The first-order valence-electron chi connectivity index (χ1n) is 7.92. The van der Waals surface area contributed by atoms with Crippen LogP contribution in [0.5, 0.6) is 0 Å². The molecule has 1 atom stereocenters. The van der Waals surface area contributed by atoms with E-state index in [0.29, 0.717) is 18.7 Å². The molecule has 0 N–H and O–H groups in total. The third kappa shape index (κ3) is 3.38. The molecule has 0 saturated carbocycles. The Morgan fingerprint density at radius 1 is 1.50 bits per heavy atom. The third-order valence-electron chi connectivity index (χ3n) is 3.98.